The first-order valence-corrected chi connectivity index (χ1v) is 8.49. The molecule has 0 saturated heterocycles. The number of phenols is 1. The first kappa shape index (κ1) is 18.7. The molecule has 0 aliphatic carbocycles. The van der Waals surface area contributed by atoms with Crippen molar-refractivity contribution in [2.75, 3.05) is 13.2 Å². The minimum atomic E-state index is -0.184. The highest BCUT2D eigenvalue weighted by atomic mass is 16.7. The van der Waals surface area contributed by atoms with Crippen LogP contribution >= 0.6 is 0 Å². The lowest BCUT2D eigenvalue weighted by atomic mass is 9.78. The topological polar surface area (TPSA) is 47.9 Å². The van der Waals surface area contributed by atoms with Crippen LogP contribution in [0.5, 0.6) is 11.5 Å². The molecule has 4 heteroatoms. The molecule has 0 aliphatic rings. The van der Waals surface area contributed by atoms with Crippen molar-refractivity contribution in [3.8, 4) is 11.5 Å². The summed E-state index contributed by atoms with van der Waals surface area (Å²) in [6.07, 6.45) is 1.48. The zero-order chi connectivity index (χ0) is 18.3. The largest absolute Gasteiger partial charge is 0.508 e. The molecule has 0 saturated carbocycles. The molecule has 0 amide bonds. The Labute approximate surface area is 149 Å². The van der Waals surface area contributed by atoms with Gasteiger partial charge < -0.3 is 19.3 Å². The third-order valence-electron chi connectivity index (χ3n) is 4.02. The predicted molar refractivity (Wildman–Crippen MR) is 98.6 cm³/mol. The van der Waals surface area contributed by atoms with E-state index in [4.69, 9.17) is 14.2 Å². The monoisotopic (exact) mass is 342 g/mol. The number of rotatable bonds is 8. The van der Waals surface area contributed by atoms with Gasteiger partial charge in [0.15, 0.2) is 6.26 Å². The Morgan fingerprint density at radius 1 is 0.920 bits per heavy atom. The Bertz CT molecular complexity index is 685. The van der Waals surface area contributed by atoms with Gasteiger partial charge in [-0.05, 0) is 49.2 Å². The molecule has 4 nitrogen and oxygen atoms in total. The quantitative estimate of drug-likeness (QED) is 0.688. The van der Waals surface area contributed by atoms with Crippen molar-refractivity contribution < 1.29 is 19.3 Å². The van der Waals surface area contributed by atoms with Crippen molar-refractivity contribution in [3.05, 3.63) is 71.9 Å². The standard InChI is InChI=1S/C21H26O4/c1-5-23-15-20(24-6-2)25-19-13-9-17(10-14-19)21(3,4)16-7-11-18(22)12-8-16/h7-15,22H,5-6H2,1-4H3. The van der Waals surface area contributed by atoms with Gasteiger partial charge in [-0.2, -0.15) is 0 Å². The molecular formula is C21H26O4. The average Bonchev–Trinajstić information content (AvgIpc) is 2.61. The summed E-state index contributed by atoms with van der Waals surface area (Å²) >= 11 is 0. The maximum absolute atomic E-state index is 9.47. The lowest BCUT2D eigenvalue weighted by Gasteiger charge is -2.26. The van der Waals surface area contributed by atoms with E-state index in [1.165, 1.54) is 6.26 Å². The van der Waals surface area contributed by atoms with Gasteiger partial charge in [-0.1, -0.05) is 38.1 Å². The fourth-order valence-corrected chi connectivity index (χ4v) is 2.48. The van der Waals surface area contributed by atoms with Crippen LogP contribution in [0.15, 0.2) is 60.7 Å². The molecule has 0 aliphatic heterocycles. The van der Waals surface area contributed by atoms with E-state index in [0.717, 1.165) is 11.1 Å². The zero-order valence-electron chi connectivity index (χ0n) is 15.3. The molecule has 0 radical (unpaired) electrons. The fourth-order valence-electron chi connectivity index (χ4n) is 2.48. The molecular weight excluding hydrogens is 316 g/mol. The minimum absolute atomic E-state index is 0.184. The lowest BCUT2D eigenvalue weighted by Crippen LogP contribution is -2.18. The summed E-state index contributed by atoms with van der Waals surface area (Å²) in [4.78, 5) is 0. The maximum atomic E-state index is 9.47. The third-order valence-corrected chi connectivity index (χ3v) is 4.02. The van der Waals surface area contributed by atoms with Crippen LogP contribution in [0.4, 0.5) is 0 Å². The molecule has 0 unspecified atom stereocenters. The van der Waals surface area contributed by atoms with Gasteiger partial charge >= 0.3 is 5.95 Å². The Kier molecular flexibility index (Phi) is 6.34. The third kappa shape index (κ3) is 4.92. The first-order valence-electron chi connectivity index (χ1n) is 8.49. The van der Waals surface area contributed by atoms with Crippen molar-refractivity contribution in [1.29, 1.82) is 0 Å². The summed E-state index contributed by atoms with van der Waals surface area (Å²) in [7, 11) is 0. The van der Waals surface area contributed by atoms with Gasteiger partial charge in [0.05, 0.1) is 13.2 Å². The van der Waals surface area contributed by atoms with E-state index in [-0.39, 0.29) is 11.2 Å². The molecule has 0 spiro atoms. The van der Waals surface area contributed by atoms with E-state index in [0.29, 0.717) is 24.9 Å². The number of ether oxygens (including phenoxy) is 3. The molecule has 0 atom stereocenters. The molecule has 0 aromatic heterocycles. The number of hydrogen-bond donors (Lipinski definition) is 1. The van der Waals surface area contributed by atoms with E-state index in [1.807, 2.05) is 50.2 Å². The van der Waals surface area contributed by atoms with Gasteiger partial charge in [0.25, 0.3) is 0 Å². The first-order chi connectivity index (χ1) is 12.0. The van der Waals surface area contributed by atoms with Gasteiger partial charge in [-0.25, -0.2) is 0 Å². The Balaban J connectivity index is 2.16. The van der Waals surface area contributed by atoms with E-state index in [2.05, 4.69) is 13.8 Å². The van der Waals surface area contributed by atoms with Crippen LogP contribution in [-0.4, -0.2) is 18.3 Å². The van der Waals surface area contributed by atoms with Gasteiger partial charge in [0, 0.05) is 5.41 Å². The van der Waals surface area contributed by atoms with Crippen LogP contribution in [0, 0.1) is 0 Å². The van der Waals surface area contributed by atoms with Crippen molar-refractivity contribution >= 4 is 0 Å². The van der Waals surface area contributed by atoms with Crippen molar-refractivity contribution in [2.45, 2.75) is 33.1 Å². The zero-order valence-corrected chi connectivity index (χ0v) is 15.3. The summed E-state index contributed by atoms with van der Waals surface area (Å²) in [5.74, 6) is 1.30. The second kappa shape index (κ2) is 8.47. The lowest BCUT2D eigenvalue weighted by molar-refractivity contribution is 0.0947. The minimum Gasteiger partial charge on any atom is -0.508 e. The Morgan fingerprint density at radius 2 is 1.48 bits per heavy atom. The van der Waals surface area contributed by atoms with Crippen LogP contribution in [0.3, 0.4) is 0 Å². The number of hydrogen-bond acceptors (Lipinski definition) is 4. The van der Waals surface area contributed by atoms with Gasteiger partial charge in [-0.3, -0.25) is 0 Å². The van der Waals surface area contributed by atoms with Crippen LogP contribution in [-0.2, 0) is 14.9 Å². The molecule has 2 aromatic carbocycles. The molecule has 0 fully saturated rings. The Hall–Kier alpha value is -2.62. The normalized spacial score (nSPS) is 11.9. The number of benzene rings is 2. The SMILES string of the molecule is CCOC=C(OCC)Oc1ccc(C(C)(C)c2ccc(O)cc2)cc1. The van der Waals surface area contributed by atoms with Crippen molar-refractivity contribution in [3.63, 3.8) is 0 Å². The highest BCUT2D eigenvalue weighted by Crippen LogP contribution is 2.33. The molecule has 0 bridgehead atoms. The van der Waals surface area contributed by atoms with E-state index in [1.54, 1.807) is 12.1 Å². The maximum Gasteiger partial charge on any atom is 0.321 e. The smallest absolute Gasteiger partial charge is 0.321 e. The van der Waals surface area contributed by atoms with Gasteiger partial charge in [0.2, 0.25) is 0 Å². The molecule has 1 N–H and O–H groups in total. The van der Waals surface area contributed by atoms with Crippen molar-refractivity contribution in [2.24, 2.45) is 0 Å². The van der Waals surface area contributed by atoms with Crippen LogP contribution in [0.1, 0.15) is 38.8 Å². The molecule has 2 aromatic rings. The summed E-state index contributed by atoms with van der Waals surface area (Å²) in [5.41, 5.74) is 2.10. The summed E-state index contributed by atoms with van der Waals surface area (Å²) in [6, 6.07) is 15.2. The second-order valence-electron chi connectivity index (χ2n) is 6.12. The highest BCUT2D eigenvalue weighted by molar-refractivity contribution is 5.41. The molecule has 2 rings (SSSR count). The average molecular weight is 342 g/mol. The van der Waals surface area contributed by atoms with Gasteiger partial charge in [-0.15, -0.1) is 0 Å². The molecule has 25 heavy (non-hydrogen) atoms. The van der Waals surface area contributed by atoms with E-state index >= 15 is 0 Å². The Morgan fingerprint density at radius 3 is 2.00 bits per heavy atom. The van der Waals surface area contributed by atoms with Crippen LogP contribution < -0.4 is 4.74 Å². The van der Waals surface area contributed by atoms with E-state index < -0.39 is 0 Å². The van der Waals surface area contributed by atoms with Gasteiger partial charge in [0.1, 0.15) is 11.5 Å². The fraction of sp³-hybridized carbons (Fsp3) is 0.333. The molecule has 134 valence electrons. The van der Waals surface area contributed by atoms with Crippen LogP contribution in [0.25, 0.3) is 0 Å². The summed E-state index contributed by atoms with van der Waals surface area (Å²) < 4.78 is 16.4. The number of aromatic hydroxyl groups is 1. The summed E-state index contributed by atoms with van der Waals surface area (Å²) in [5, 5.41) is 9.47. The molecule has 0 heterocycles. The number of phenolic OH excluding ortho intramolecular Hbond substituents is 1. The van der Waals surface area contributed by atoms with Crippen LogP contribution in [0.2, 0.25) is 0 Å². The second-order valence-corrected chi connectivity index (χ2v) is 6.12. The highest BCUT2D eigenvalue weighted by Gasteiger charge is 2.23. The summed E-state index contributed by atoms with van der Waals surface area (Å²) in [6.45, 7) is 9.16. The predicted octanol–water partition coefficient (Wildman–Crippen LogP) is 4.97. The van der Waals surface area contributed by atoms with E-state index in [9.17, 15) is 5.11 Å². The van der Waals surface area contributed by atoms with Crippen molar-refractivity contribution in [1.82, 2.24) is 0 Å².